The molecule has 4 aliphatic rings. The predicted molar refractivity (Wildman–Crippen MR) is 82.1 cm³/mol. The highest BCUT2D eigenvalue weighted by atomic mass is 28.4. The molecule has 3 aliphatic carbocycles. The number of hydrogen-bond acceptors (Lipinski definition) is 4. The molecule has 0 amide bonds. The Labute approximate surface area is 127 Å². The summed E-state index contributed by atoms with van der Waals surface area (Å²) in [4.78, 5) is 12.1. The van der Waals surface area contributed by atoms with Gasteiger partial charge in [-0.1, -0.05) is 13.5 Å². The van der Waals surface area contributed by atoms with Crippen LogP contribution in [-0.4, -0.2) is 37.7 Å². The number of fused-ring (bicyclic) bond motifs is 1. The van der Waals surface area contributed by atoms with Gasteiger partial charge < -0.3 is 14.3 Å². The van der Waals surface area contributed by atoms with Crippen LogP contribution in [0.3, 0.4) is 0 Å². The van der Waals surface area contributed by atoms with Crippen molar-refractivity contribution in [3.8, 4) is 0 Å². The van der Waals surface area contributed by atoms with E-state index < -0.39 is 13.9 Å². The van der Waals surface area contributed by atoms with Gasteiger partial charge in [0.05, 0.1) is 12.0 Å². The summed E-state index contributed by atoms with van der Waals surface area (Å²) in [7, 11) is -1.84. The summed E-state index contributed by atoms with van der Waals surface area (Å²) in [6.07, 6.45) is 1.01. The Morgan fingerprint density at radius 2 is 2.14 bits per heavy atom. The highest BCUT2D eigenvalue weighted by Crippen LogP contribution is 2.61. The van der Waals surface area contributed by atoms with Crippen molar-refractivity contribution in [1.82, 2.24) is 0 Å². The molecule has 6 atom stereocenters. The van der Waals surface area contributed by atoms with Crippen molar-refractivity contribution in [3.63, 3.8) is 0 Å². The topological polar surface area (TPSA) is 55.8 Å². The van der Waals surface area contributed by atoms with E-state index in [1.807, 2.05) is 0 Å². The SMILES string of the molecule is C=C1C2CC3OC(=O)CC1(O[Si](C)(C)C)C3C(C)C2CO. The smallest absolute Gasteiger partial charge is 0.309 e. The van der Waals surface area contributed by atoms with Gasteiger partial charge in [-0.3, -0.25) is 4.79 Å². The van der Waals surface area contributed by atoms with Crippen LogP contribution in [0.5, 0.6) is 0 Å². The lowest BCUT2D eigenvalue weighted by Crippen LogP contribution is -2.69. The summed E-state index contributed by atoms with van der Waals surface area (Å²) in [5.41, 5.74) is 0.471. The van der Waals surface area contributed by atoms with Crippen LogP contribution in [0.1, 0.15) is 19.8 Å². The minimum Gasteiger partial charge on any atom is -0.462 e. The van der Waals surface area contributed by atoms with Crippen molar-refractivity contribution in [2.24, 2.45) is 23.7 Å². The van der Waals surface area contributed by atoms with Crippen LogP contribution in [0.25, 0.3) is 0 Å². The predicted octanol–water partition coefficient (Wildman–Crippen LogP) is 2.34. The zero-order valence-electron chi connectivity index (χ0n) is 13.4. The van der Waals surface area contributed by atoms with Crippen LogP contribution in [0.15, 0.2) is 12.2 Å². The molecule has 0 aromatic rings. The number of esters is 1. The molecule has 1 N–H and O–H groups in total. The lowest BCUT2D eigenvalue weighted by Gasteiger charge is -2.64. The molecule has 4 nitrogen and oxygen atoms in total. The zero-order valence-corrected chi connectivity index (χ0v) is 14.4. The summed E-state index contributed by atoms with van der Waals surface area (Å²) in [5, 5.41) is 9.75. The van der Waals surface area contributed by atoms with Gasteiger partial charge in [0, 0.05) is 12.5 Å². The van der Waals surface area contributed by atoms with Crippen molar-refractivity contribution >= 4 is 14.3 Å². The van der Waals surface area contributed by atoms with E-state index >= 15 is 0 Å². The van der Waals surface area contributed by atoms with Crippen molar-refractivity contribution in [3.05, 3.63) is 12.2 Å². The minimum atomic E-state index is -1.84. The lowest BCUT2D eigenvalue weighted by molar-refractivity contribution is -0.215. The van der Waals surface area contributed by atoms with Gasteiger partial charge >= 0.3 is 5.97 Å². The molecule has 4 rings (SSSR count). The maximum absolute atomic E-state index is 12.1. The molecule has 0 aromatic heterocycles. The van der Waals surface area contributed by atoms with Crippen molar-refractivity contribution in [2.45, 2.75) is 51.1 Å². The largest absolute Gasteiger partial charge is 0.462 e. The highest BCUT2D eigenvalue weighted by Gasteiger charge is 2.66. The average Bonchev–Trinajstić information content (AvgIpc) is 2.32. The van der Waals surface area contributed by atoms with E-state index in [1.165, 1.54) is 0 Å². The monoisotopic (exact) mass is 310 g/mol. The third-order valence-electron chi connectivity index (χ3n) is 5.56. The van der Waals surface area contributed by atoms with Gasteiger partial charge in [0.25, 0.3) is 0 Å². The Morgan fingerprint density at radius 1 is 1.48 bits per heavy atom. The lowest BCUT2D eigenvalue weighted by atomic mass is 9.49. The first-order chi connectivity index (χ1) is 9.69. The number of aliphatic hydroxyl groups excluding tert-OH is 1. The van der Waals surface area contributed by atoms with E-state index in [1.54, 1.807) is 0 Å². The third-order valence-corrected chi connectivity index (χ3v) is 6.54. The second-order valence-corrected chi connectivity index (χ2v) is 12.3. The van der Waals surface area contributed by atoms with E-state index in [4.69, 9.17) is 9.16 Å². The van der Waals surface area contributed by atoms with Gasteiger partial charge in [0.15, 0.2) is 8.32 Å². The minimum absolute atomic E-state index is 0.0732. The second-order valence-electron chi connectivity index (χ2n) is 7.91. The summed E-state index contributed by atoms with van der Waals surface area (Å²) < 4.78 is 12.2. The van der Waals surface area contributed by atoms with E-state index in [2.05, 4.69) is 33.1 Å². The second kappa shape index (κ2) is 4.67. The van der Waals surface area contributed by atoms with Gasteiger partial charge in [-0.05, 0) is 49.4 Å². The molecule has 0 aromatic carbocycles. The first-order valence-corrected chi connectivity index (χ1v) is 11.3. The Bertz CT molecular complexity index is 483. The van der Waals surface area contributed by atoms with Crippen LogP contribution < -0.4 is 0 Å². The van der Waals surface area contributed by atoms with Crippen LogP contribution in [0.2, 0.25) is 19.6 Å². The van der Waals surface area contributed by atoms with Crippen molar-refractivity contribution in [1.29, 1.82) is 0 Å². The Morgan fingerprint density at radius 3 is 2.71 bits per heavy atom. The molecule has 21 heavy (non-hydrogen) atoms. The molecule has 1 aliphatic heterocycles. The van der Waals surface area contributed by atoms with Crippen molar-refractivity contribution < 1.29 is 19.1 Å². The molecule has 118 valence electrons. The Balaban J connectivity index is 2.07. The molecule has 5 heteroatoms. The number of hydrogen-bond donors (Lipinski definition) is 1. The van der Waals surface area contributed by atoms with Gasteiger partial charge in [0.1, 0.15) is 6.10 Å². The zero-order chi connectivity index (χ0) is 15.6. The number of aliphatic hydroxyl groups is 1. The summed E-state index contributed by atoms with van der Waals surface area (Å²) >= 11 is 0. The molecule has 6 unspecified atom stereocenters. The number of rotatable bonds is 3. The summed E-state index contributed by atoms with van der Waals surface area (Å²) in [6.45, 7) is 13.1. The Kier molecular flexibility index (Phi) is 3.39. The quantitative estimate of drug-likeness (QED) is 0.494. The molecule has 0 radical (unpaired) electrons. The number of carbonyl (C=O) groups is 1. The van der Waals surface area contributed by atoms with E-state index in [-0.39, 0.29) is 48.8 Å². The van der Waals surface area contributed by atoms with Gasteiger partial charge in [-0.25, -0.2) is 0 Å². The summed E-state index contributed by atoms with van der Waals surface area (Å²) in [6, 6.07) is 0. The van der Waals surface area contributed by atoms with Crippen LogP contribution >= 0.6 is 0 Å². The fraction of sp³-hybridized carbons (Fsp3) is 0.812. The number of carbonyl (C=O) groups excluding carboxylic acids is 1. The maximum Gasteiger partial charge on any atom is 0.309 e. The maximum atomic E-state index is 12.1. The molecule has 3 saturated carbocycles. The fourth-order valence-corrected chi connectivity index (χ4v) is 6.42. The standard InChI is InChI=1S/C16H26O4Si/c1-9-12(8-17)11-6-13-15(9)16(10(11)2,7-14(18)19-13)20-21(3,4)5/h9,11-13,15,17H,2,6-8H2,1,3-5H3. The fourth-order valence-electron chi connectivity index (χ4n) is 4.98. The van der Waals surface area contributed by atoms with Gasteiger partial charge in [-0.2, -0.15) is 0 Å². The first-order valence-electron chi connectivity index (χ1n) is 7.89. The van der Waals surface area contributed by atoms with E-state index in [0.717, 1.165) is 12.0 Å². The number of ether oxygens (including phenoxy) is 1. The van der Waals surface area contributed by atoms with Crippen molar-refractivity contribution in [2.75, 3.05) is 6.61 Å². The molecular formula is C16H26O4Si. The highest BCUT2D eigenvalue weighted by molar-refractivity contribution is 6.69. The van der Waals surface area contributed by atoms with Crippen LogP contribution in [0.4, 0.5) is 0 Å². The molecule has 1 saturated heterocycles. The van der Waals surface area contributed by atoms with Gasteiger partial charge in [0.2, 0.25) is 0 Å². The van der Waals surface area contributed by atoms with E-state index in [0.29, 0.717) is 0 Å². The Hall–Kier alpha value is -0.653. The van der Waals surface area contributed by atoms with Crippen LogP contribution in [0, 0.1) is 23.7 Å². The molecular weight excluding hydrogens is 284 g/mol. The normalized spacial score (nSPS) is 45.7. The third kappa shape index (κ3) is 2.12. The molecule has 4 fully saturated rings. The molecule has 1 heterocycles. The molecule has 0 spiro atoms. The van der Waals surface area contributed by atoms with Crippen LogP contribution in [-0.2, 0) is 14.0 Å². The molecule has 4 bridgehead atoms. The van der Waals surface area contributed by atoms with Gasteiger partial charge in [-0.15, -0.1) is 0 Å². The average molecular weight is 310 g/mol. The summed E-state index contributed by atoms with van der Waals surface area (Å²) in [5.74, 6) is 0.674. The first kappa shape index (κ1) is 15.3. The van der Waals surface area contributed by atoms with E-state index in [9.17, 15) is 9.90 Å².